The monoisotopic (exact) mass is 418 g/mol. The second-order valence-corrected chi connectivity index (χ2v) is 8.90. The van der Waals surface area contributed by atoms with Crippen LogP contribution >= 0.6 is 15.9 Å². The smallest absolute Gasteiger partial charge is 0.239 e. The Labute approximate surface area is 162 Å². The van der Waals surface area contributed by atoms with Gasteiger partial charge in [-0.3, -0.25) is 14.7 Å². The molecular weight excluding hydrogens is 396 g/mol. The summed E-state index contributed by atoms with van der Waals surface area (Å²) in [6.45, 7) is 6.94. The van der Waals surface area contributed by atoms with Crippen molar-refractivity contribution in [2.75, 3.05) is 31.2 Å². The van der Waals surface area contributed by atoms with Crippen LogP contribution in [0, 0.1) is 11.3 Å². The predicted molar refractivity (Wildman–Crippen MR) is 101 cm³/mol. The first-order valence-corrected chi connectivity index (χ1v) is 9.92. The largest absolute Gasteiger partial charge is 0.380 e. The highest BCUT2D eigenvalue weighted by Gasteiger charge is 2.56. The summed E-state index contributed by atoms with van der Waals surface area (Å²) in [6.07, 6.45) is 4.05. The van der Waals surface area contributed by atoms with Gasteiger partial charge in [-0.15, -0.1) is 0 Å². The van der Waals surface area contributed by atoms with Crippen LogP contribution in [0.2, 0.25) is 0 Å². The first-order chi connectivity index (χ1) is 12.4. The number of pyridine rings is 1. The summed E-state index contributed by atoms with van der Waals surface area (Å²) in [7, 11) is 0. The maximum atomic E-state index is 13.1. The molecule has 0 atom stereocenters. The summed E-state index contributed by atoms with van der Waals surface area (Å²) in [6, 6.07) is 4.56. The number of hydrogen-bond donors (Lipinski definition) is 0. The third kappa shape index (κ3) is 2.58. The normalized spacial score (nSPS) is 31.1. The lowest BCUT2D eigenvalue weighted by Gasteiger charge is -2.52. The van der Waals surface area contributed by atoms with E-state index < -0.39 is 11.0 Å². The zero-order valence-corrected chi connectivity index (χ0v) is 16.8. The lowest BCUT2D eigenvalue weighted by molar-refractivity contribution is -0.123. The molecule has 3 aliphatic rings. The number of nitriles is 1. The van der Waals surface area contributed by atoms with Crippen LogP contribution < -0.4 is 4.90 Å². The summed E-state index contributed by atoms with van der Waals surface area (Å²) in [5, 5.41) is 9.89. The Morgan fingerprint density at radius 1 is 1.35 bits per heavy atom. The maximum absolute atomic E-state index is 13.1. The van der Waals surface area contributed by atoms with Crippen molar-refractivity contribution in [1.82, 2.24) is 9.88 Å². The average Bonchev–Trinajstić information content (AvgIpc) is 2.79. The van der Waals surface area contributed by atoms with Crippen LogP contribution in [0.1, 0.15) is 38.8 Å². The van der Waals surface area contributed by atoms with Crippen molar-refractivity contribution in [1.29, 1.82) is 5.26 Å². The molecule has 0 spiro atoms. The third-order valence-electron chi connectivity index (χ3n) is 5.99. The molecule has 0 unspecified atom stereocenters. The highest BCUT2D eigenvalue weighted by molar-refractivity contribution is 9.10. The minimum Gasteiger partial charge on any atom is -0.380 e. The molecule has 1 aliphatic carbocycles. The van der Waals surface area contributed by atoms with Crippen molar-refractivity contribution >= 4 is 27.5 Å². The maximum Gasteiger partial charge on any atom is 0.239 e. The van der Waals surface area contributed by atoms with Gasteiger partial charge in [-0.25, -0.2) is 0 Å². The molecule has 3 heterocycles. The zero-order chi connectivity index (χ0) is 18.5. The summed E-state index contributed by atoms with van der Waals surface area (Å²) in [5.74, 6) is 0.0776. The minimum atomic E-state index is -0.628. The molecule has 1 amide bonds. The number of anilines is 1. The van der Waals surface area contributed by atoms with Crippen molar-refractivity contribution in [3.63, 3.8) is 0 Å². The Morgan fingerprint density at radius 2 is 2.12 bits per heavy atom. The van der Waals surface area contributed by atoms with Crippen molar-refractivity contribution < 1.29 is 9.53 Å². The Balaban J connectivity index is 1.60. The number of fused-ring (bicyclic) bond motifs is 1. The molecule has 0 aromatic carbocycles. The van der Waals surface area contributed by atoms with Crippen LogP contribution in [0.15, 0.2) is 16.7 Å². The van der Waals surface area contributed by atoms with Crippen LogP contribution in [-0.4, -0.2) is 53.7 Å². The van der Waals surface area contributed by atoms with Gasteiger partial charge >= 0.3 is 0 Å². The van der Waals surface area contributed by atoms with Crippen molar-refractivity contribution in [3.8, 4) is 6.07 Å². The van der Waals surface area contributed by atoms with Crippen molar-refractivity contribution in [3.05, 3.63) is 22.4 Å². The van der Waals surface area contributed by atoms with E-state index in [1.165, 1.54) is 0 Å². The molecule has 0 radical (unpaired) electrons. The van der Waals surface area contributed by atoms with Crippen LogP contribution in [0.25, 0.3) is 0 Å². The first kappa shape index (κ1) is 17.9. The Kier molecular flexibility index (Phi) is 4.33. The SMILES string of the molecule is CC1(C)C(=O)N([C@H]2C[C@@](C#N)(N3CCCOCC3)C2)c2cc(Br)cnc21. The summed E-state index contributed by atoms with van der Waals surface area (Å²) in [4.78, 5) is 21.8. The number of hydrogen-bond acceptors (Lipinski definition) is 5. The zero-order valence-electron chi connectivity index (χ0n) is 15.2. The number of carbonyl (C=O) groups excluding carboxylic acids is 1. The van der Waals surface area contributed by atoms with Gasteiger partial charge in [0, 0.05) is 49.2 Å². The molecule has 1 saturated heterocycles. The summed E-state index contributed by atoms with van der Waals surface area (Å²) < 4.78 is 6.40. The Bertz CT molecular complexity index is 774. The van der Waals surface area contributed by atoms with E-state index in [9.17, 15) is 10.1 Å². The first-order valence-electron chi connectivity index (χ1n) is 9.13. The highest BCUT2D eigenvalue weighted by atomic mass is 79.9. The van der Waals surface area contributed by atoms with Gasteiger partial charge in [0.15, 0.2) is 0 Å². The van der Waals surface area contributed by atoms with Crippen LogP contribution in [0.3, 0.4) is 0 Å². The van der Waals surface area contributed by atoms with Gasteiger partial charge in [0.25, 0.3) is 0 Å². The van der Waals surface area contributed by atoms with Gasteiger partial charge in [-0.1, -0.05) is 0 Å². The Hall–Kier alpha value is -1.49. The van der Waals surface area contributed by atoms with Crippen molar-refractivity contribution in [2.45, 2.75) is 50.1 Å². The second-order valence-electron chi connectivity index (χ2n) is 7.98. The number of amides is 1. The van der Waals surface area contributed by atoms with Crippen LogP contribution in [0.5, 0.6) is 0 Å². The minimum absolute atomic E-state index is 0.0444. The van der Waals surface area contributed by atoms with Gasteiger partial charge < -0.3 is 9.64 Å². The number of halogens is 1. The fraction of sp³-hybridized carbons (Fsp3) is 0.632. The molecule has 2 aliphatic heterocycles. The van der Waals surface area contributed by atoms with E-state index in [4.69, 9.17) is 4.74 Å². The molecule has 1 aromatic rings. The number of nitrogens with zero attached hydrogens (tertiary/aromatic N) is 4. The molecular formula is C19H23BrN4O2. The fourth-order valence-corrected chi connectivity index (χ4v) is 4.78. The fourth-order valence-electron chi connectivity index (χ4n) is 4.46. The molecule has 26 heavy (non-hydrogen) atoms. The summed E-state index contributed by atoms with van der Waals surface area (Å²) in [5.41, 5.74) is 0.593. The second kappa shape index (κ2) is 6.29. The molecule has 0 N–H and O–H groups in total. The quantitative estimate of drug-likeness (QED) is 0.737. The van der Waals surface area contributed by atoms with E-state index >= 15 is 0 Å². The van der Waals surface area contributed by atoms with E-state index in [2.05, 4.69) is 31.9 Å². The molecule has 138 valence electrons. The number of carbonyl (C=O) groups is 1. The third-order valence-corrected chi connectivity index (χ3v) is 6.42. The van der Waals surface area contributed by atoms with E-state index in [0.717, 1.165) is 42.0 Å². The van der Waals surface area contributed by atoms with Gasteiger partial charge in [0.05, 0.1) is 29.5 Å². The van der Waals surface area contributed by atoms with E-state index in [1.807, 2.05) is 24.8 Å². The summed E-state index contributed by atoms with van der Waals surface area (Å²) >= 11 is 3.47. The lowest BCUT2D eigenvalue weighted by atomic mass is 9.71. The van der Waals surface area contributed by atoms with Gasteiger partial charge in [0.2, 0.25) is 5.91 Å². The molecule has 4 rings (SSSR count). The van der Waals surface area contributed by atoms with Crippen LogP contribution in [0.4, 0.5) is 5.69 Å². The topological polar surface area (TPSA) is 69.5 Å². The standard InChI is InChI=1S/C19H23BrN4O2/c1-18(2)16-15(8-13(20)11-22-16)24(17(18)25)14-9-19(10-14,12-21)23-4-3-6-26-7-5-23/h8,11,14H,3-7,9-10H2,1-2H3/t14-,19+. The molecule has 2 fully saturated rings. The van der Waals surface area contributed by atoms with Gasteiger partial charge in [-0.2, -0.15) is 5.26 Å². The molecule has 6 nitrogen and oxygen atoms in total. The number of rotatable bonds is 2. The predicted octanol–water partition coefficient (Wildman–Crippen LogP) is 2.62. The average molecular weight is 419 g/mol. The molecule has 7 heteroatoms. The van der Waals surface area contributed by atoms with E-state index in [1.54, 1.807) is 6.20 Å². The molecule has 1 aromatic heterocycles. The lowest BCUT2D eigenvalue weighted by Crippen LogP contribution is -2.64. The van der Waals surface area contributed by atoms with E-state index in [0.29, 0.717) is 19.4 Å². The molecule has 1 saturated carbocycles. The number of aromatic nitrogens is 1. The number of ether oxygens (including phenoxy) is 1. The Morgan fingerprint density at radius 3 is 2.85 bits per heavy atom. The van der Waals surface area contributed by atoms with Crippen molar-refractivity contribution in [2.24, 2.45) is 0 Å². The van der Waals surface area contributed by atoms with Crippen LogP contribution in [-0.2, 0) is 14.9 Å². The van der Waals surface area contributed by atoms with E-state index in [-0.39, 0.29) is 11.9 Å². The van der Waals surface area contributed by atoms with Gasteiger partial charge in [-0.05, 0) is 42.3 Å². The highest BCUT2D eigenvalue weighted by Crippen LogP contribution is 2.49. The molecule has 0 bridgehead atoms. The van der Waals surface area contributed by atoms with Gasteiger partial charge in [0.1, 0.15) is 5.54 Å².